The molecule has 1 heterocycles. The number of amides is 2. The molecule has 1 aliphatic heterocycles. The monoisotopic (exact) mass is 504 g/mol. The van der Waals surface area contributed by atoms with E-state index in [1.807, 2.05) is 19.6 Å². The molecule has 0 saturated carbocycles. The molecule has 7 nitrogen and oxygen atoms in total. The van der Waals surface area contributed by atoms with E-state index in [4.69, 9.17) is 9.84 Å². The summed E-state index contributed by atoms with van der Waals surface area (Å²) in [5.41, 5.74) is 1.55. The number of urea groups is 1. The fourth-order valence-electron chi connectivity index (χ4n) is 4.37. The number of hydrogen-bond donors (Lipinski definition) is 2. The van der Waals surface area contributed by atoms with Gasteiger partial charge in [0.15, 0.2) is 5.78 Å². The third-order valence-corrected chi connectivity index (χ3v) is 8.06. The van der Waals surface area contributed by atoms with Crippen LogP contribution in [0.3, 0.4) is 0 Å². The molecule has 1 aliphatic rings. The highest BCUT2D eigenvalue weighted by molar-refractivity contribution is 6.88. The lowest BCUT2D eigenvalue weighted by molar-refractivity contribution is -0.138. The van der Waals surface area contributed by atoms with Gasteiger partial charge in [-0.2, -0.15) is 0 Å². The highest BCUT2D eigenvalue weighted by Gasteiger charge is 2.37. The molecule has 0 unspecified atom stereocenters. The van der Waals surface area contributed by atoms with E-state index in [2.05, 4.69) is 5.32 Å². The summed E-state index contributed by atoms with van der Waals surface area (Å²) in [7, 11) is -0.760. The Kier molecular flexibility index (Phi) is 7.64. The fraction of sp³-hybridized carbons (Fsp3) is 0.400. The van der Waals surface area contributed by atoms with Crippen molar-refractivity contribution in [3.63, 3.8) is 0 Å². The number of aliphatic carboxylic acids is 1. The average Bonchev–Trinajstić information content (AvgIpc) is 2.75. The second-order valence-corrected chi connectivity index (χ2v) is 14.7. The number of nitrogens with zero attached hydrogens (tertiary/aromatic N) is 1. The number of benzene rings is 2. The second kappa shape index (κ2) is 10.1. The standard InChI is InChI=1S/C25H30F2N2O5Si/c1-14(24(31)32)28-25(33)29-9-8-16-13-17(34-2)6-7-18(16)22(29)21(30)12-15-10-19(26)23(20(27)11-15)35(3,4)5/h6-7,10-11,13-14,22H,8-9,12H2,1-5H3,(H,28,33)(H,31,32)/t14-,22-/m1/s1. The molecule has 0 aliphatic carbocycles. The van der Waals surface area contributed by atoms with Gasteiger partial charge in [-0.3, -0.25) is 9.59 Å². The molecule has 10 heteroatoms. The first-order chi connectivity index (χ1) is 16.3. The Balaban J connectivity index is 1.98. The zero-order valence-electron chi connectivity index (χ0n) is 20.4. The van der Waals surface area contributed by atoms with E-state index in [0.717, 1.165) is 5.56 Å². The number of Topliss-reactive ketones (excluding diaryl/α,β-unsaturated/α-hetero) is 1. The summed E-state index contributed by atoms with van der Waals surface area (Å²) in [6.45, 7) is 6.99. The largest absolute Gasteiger partial charge is 0.497 e. The number of hydrogen-bond acceptors (Lipinski definition) is 4. The molecule has 188 valence electrons. The normalized spacial score (nSPS) is 16.3. The van der Waals surface area contributed by atoms with Crippen LogP contribution in [-0.2, 0) is 22.4 Å². The lowest BCUT2D eigenvalue weighted by atomic mass is 9.88. The number of ether oxygens (including phenoxy) is 1. The zero-order valence-corrected chi connectivity index (χ0v) is 21.4. The Bertz CT molecular complexity index is 1140. The van der Waals surface area contributed by atoms with Crippen molar-refractivity contribution in [1.82, 2.24) is 10.2 Å². The number of carboxylic acids is 1. The molecule has 0 bridgehead atoms. The average molecular weight is 505 g/mol. The highest BCUT2D eigenvalue weighted by Crippen LogP contribution is 2.34. The van der Waals surface area contributed by atoms with E-state index in [1.165, 1.54) is 31.1 Å². The van der Waals surface area contributed by atoms with Crippen molar-refractivity contribution in [3.05, 3.63) is 58.7 Å². The Labute approximate surface area is 204 Å². The van der Waals surface area contributed by atoms with Crippen LogP contribution in [0.25, 0.3) is 0 Å². The van der Waals surface area contributed by atoms with E-state index in [0.29, 0.717) is 17.7 Å². The lowest BCUT2D eigenvalue weighted by Crippen LogP contribution is -2.51. The van der Waals surface area contributed by atoms with Gasteiger partial charge in [0.2, 0.25) is 0 Å². The number of halogens is 2. The van der Waals surface area contributed by atoms with Gasteiger partial charge in [0.05, 0.1) is 15.2 Å². The molecule has 0 fully saturated rings. The van der Waals surface area contributed by atoms with Crippen LogP contribution in [0, 0.1) is 11.6 Å². The van der Waals surface area contributed by atoms with Gasteiger partial charge in [-0.25, -0.2) is 13.6 Å². The minimum absolute atomic E-state index is 0.0764. The van der Waals surface area contributed by atoms with Gasteiger partial charge in [0.1, 0.15) is 29.5 Å². The van der Waals surface area contributed by atoms with Gasteiger partial charge >= 0.3 is 12.0 Å². The first kappa shape index (κ1) is 26.3. The van der Waals surface area contributed by atoms with Crippen molar-refractivity contribution in [2.45, 2.75) is 51.5 Å². The molecule has 0 aromatic heterocycles. The van der Waals surface area contributed by atoms with E-state index in [-0.39, 0.29) is 23.7 Å². The second-order valence-electron chi connectivity index (χ2n) is 9.75. The smallest absolute Gasteiger partial charge is 0.325 e. The van der Waals surface area contributed by atoms with Gasteiger partial charge in [-0.15, -0.1) is 0 Å². The van der Waals surface area contributed by atoms with Crippen LogP contribution >= 0.6 is 0 Å². The van der Waals surface area contributed by atoms with Crippen LogP contribution in [0.15, 0.2) is 30.3 Å². The zero-order chi connectivity index (χ0) is 26.1. The van der Waals surface area contributed by atoms with Crippen molar-refractivity contribution in [2.75, 3.05) is 13.7 Å². The third kappa shape index (κ3) is 5.70. The molecule has 0 saturated heterocycles. The van der Waals surface area contributed by atoms with Gasteiger partial charge < -0.3 is 20.1 Å². The van der Waals surface area contributed by atoms with Gasteiger partial charge in [-0.1, -0.05) is 25.7 Å². The number of carboxylic acid groups (broad SMARTS) is 1. The molecule has 2 amide bonds. The molecular formula is C25H30F2N2O5Si. The molecule has 2 atom stereocenters. The SMILES string of the molecule is COc1ccc2c(c1)CCN(C(=O)N[C@H](C)C(=O)O)[C@H]2C(=O)Cc1cc(F)c([Si](C)(C)C)c(F)c1. The summed E-state index contributed by atoms with van der Waals surface area (Å²) >= 11 is 0. The molecule has 35 heavy (non-hydrogen) atoms. The molecule has 0 radical (unpaired) electrons. The summed E-state index contributed by atoms with van der Waals surface area (Å²) in [6.07, 6.45) is 0.133. The number of rotatable bonds is 7. The maximum Gasteiger partial charge on any atom is 0.325 e. The fourth-order valence-corrected chi connectivity index (χ4v) is 5.95. The van der Waals surface area contributed by atoms with Gasteiger partial charge in [0.25, 0.3) is 0 Å². The topological polar surface area (TPSA) is 95.9 Å². The van der Waals surface area contributed by atoms with E-state index >= 15 is 0 Å². The van der Waals surface area contributed by atoms with Gasteiger partial charge in [-0.05, 0) is 54.3 Å². The minimum atomic E-state index is -2.28. The predicted molar refractivity (Wildman–Crippen MR) is 130 cm³/mol. The Hall–Kier alpha value is -3.27. The Morgan fingerprint density at radius 3 is 2.34 bits per heavy atom. The maximum absolute atomic E-state index is 14.8. The number of carbonyl (C=O) groups excluding carboxylic acids is 2. The first-order valence-corrected chi connectivity index (χ1v) is 14.8. The highest BCUT2D eigenvalue weighted by atomic mass is 28.3. The molecule has 3 rings (SSSR count). The number of carbonyl (C=O) groups is 3. The van der Waals surface area contributed by atoms with Crippen molar-refractivity contribution >= 4 is 31.0 Å². The van der Waals surface area contributed by atoms with Crippen LogP contribution < -0.4 is 15.2 Å². The van der Waals surface area contributed by atoms with Crippen molar-refractivity contribution in [1.29, 1.82) is 0 Å². The van der Waals surface area contributed by atoms with Crippen molar-refractivity contribution < 1.29 is 33.0 Å². The molecule has 2 N–H and O–H groups in total. The summed E-state index contributed by atoms with van der Waals surface area (Å²) in [5.74, 6) is -2.40. The number of methoxy groups -OCH3 is 1. The first-order valence-electron chi connectivity index (χ1n) is 11.3. The van der Waals surface area contributed by atoms with E-state index in [1.54, 1.807) is 18.2 Å². The van der Waals surface area contributed by atoms with Crippen LogP contribution in [0.1, 0.15) is 29.7 Å². The summed E-state index contributed by atoms with van der Waals surface area (Å²) in [6, 6.07) is 4.60. The van der Waals surface area contributed by atoms with Crippen LogP contribution in [0.5, 0.6) is 5.75 Å². The molecule has 2 aromatic rings. The number of ketones is 1. The maximum atomic E-state index is 14.8. The summed E-state index contributed by atoms with van der Waals surface area (Å²) in [4.78, 5) is 39.0. The van der Waals surface area contributed by atoms with Gasteiger partial charge in [0, 0.05) is 18.2 Å². The van der Waals surface area contributed by atoms with Crippen molar-refractivity contribution in [2.24, 2.45) is 0 Å². The van der Waals surface area contributed by atoms with E-state index < -0.39 is 49.6 Å². The Morgan fingerprint density at radius 2 is 1.80 bits per heavy atom. The summed E-state index contributed by atoms with van der Waals surface area (Å²) in [5, 5.41) is 11.6. The molecule has 2 aromatic carbocycles. The van der Waals surface area contributed by atoms with E-state index in [9.17, 15) is 23.2 Å². The molecular weight excluding hydrogens is 474 g/mol. The molecule has 0 spiro atoms. The van der Waals surface area contributed by atoms with Crippen molar-refractivity contribution in [3.8, 4) is 5.75 Å². The number of fused-ring (bicyclic) bond motifs is 1. The third-order valence-electron chi connectivity index (χ3n) is 6.08. The van der Waals surface area contributed by atoms with Crippen LogP contribution in [-0.4, -0.2) is 55.6 Å². The predicted octanol–water partition coefficient (Wildman–Crippen LogP) is 3.41. The van der Waals surface area contributed by atoms with Crippen LogP contribution in [0.4, 0.5) is 13.6 Å². The van der Waals surface area contributed by atoms with Crippen LogP contribution in [0.2, 0.25) is 19.6 Å². The summed E-state index contributed by atoms with van der Waals surface area (Å²) < 4.78 is 34.8. The minimum Gasteiger partial charge on any atom is -0.497 e. The lowest BCUT2D eigenvalue weighted by Gasteiger charge is -2.37. The quantitative estimate of drug-likeness (QED) is 0.564. The number of nitrogens with one attached hydrogen (secondary N) is 1. The Morgan fingerprint density at radius 1 is 1.17 bits per heavy atom.